The second-order valence-electron chi connectivity index (χ2n) is 9.28. The first-order chi connectivity index (χ1) is 25.1. The van der Waals surface area contributed by atoms with Crippen LogP contribution in [-0.2, 0) is 0 Å². The molecule has 0 aliphatic heterocycles. The van der Waals surface area contributed by atoms with E-state index in [1.807, 2.05) is 0 Å². The Morgan fingerprint density at radius 1 is 0.450 bits per heavy atom. The summed E-state index contributed by atoms with van der Waals surface area (Å²) in [5.41, 5.74) is 1.75. The van der Waals surface area contributed by atoms with Crippen molar-refractivity contribution in [2.24, 2.45) is 0 Å². The highest BCUT2D eigenvalue weighted by Gasteiger charge is 2.17. The summed E-state index contributed by atoms with van der Waals surface area (Å²) in [6, 6.07) is 7.74. The Balaban J connectivity index is 1.57. The third-order valence-electron chi connectivity index (χ3n) is 7.04. The molecule has 7 aromatic carbocycles. The Morgan fingerprint density at radius 3 is 1.73 bits per heavy atom. The lowest BCUT2D eigenvalue weighted by atomic mass is 9.86. The molecule has 0 amide bonds. The lowest BCUT2D eigenvalue weighted by molar-refractivity contribution is 0.628. The molecule has 0 fully saturated rings. The van der Waals surface area contributed by atoms with Crippen LogP contribution in [0.3, 0.4) is 0 Å². The third-order valence-corrected chi connectivity index (χ3v) is 7.04. The molecule has 0 unspecified atom stereocenters. The van der Waals surface area contributed by atoms with Gasteiger partial charge in [-0.1, -0.05) is 103 Å². The van der Waals surface area contributed by atoms with Gasteiger partial charge >= 0.3 is 0 Å². The second kappa shape index (κ2) is 8.93. The standard InChI is InChI=1S/C38H23FO/c39-28-12-8-11-25(21-28)26-17-19-29-34-22-27(18-20-35(34)40-36(29)23-26)38-32-15-6-4-13-30(32)37(24-9-2-1-3-10-24)31-14-5-7-16-33(31)38/h1-23H/i1D,2D,3D,4D,5D,6D,7D,9D,10D,13D,14D,15D,16D. The molecular weight excluding hydrogens is 491 g/mol. The molecule has 1 aromatic heterocycles. The highest BCUT2D eigenvalue weighted by molar-refractivity contribution is 6.22. The third kappa shape index (κ3) is 3.54. The summed E-state index contributed by atoms with van der Waals surface area (Å²) >= 11 is 0. The molecule has 2 heteroatoms. The van der Waals surface area contributed by atoms with Gasteiger partial charge in [0.05, 0.1) is 17.8 Å². The van der Waals surface area contributed by atoms with Crippen molar-refractivity contribution in [3.8, 4) is 33.4 Å². The summed E-state index contributed by atoms with van der Waals surface area (Å²) in [5, 5.41) is 0.320. The van der Waals surface area contributed by atoms with E-state index in [4.69, 9.17) is 22.2 Å². The lowest BCUT2D eigenvalue weighted by Gasteiger charge is -2.17. The summed E-state index contributed by atoms with van der Waals surface area (Å²) in [6.45, 7) is 0. The van der Waals surface area contributed by atoms with Crippen LogP contribution < -0.4 is 0 Å². The molecule has 8 aromatic rings. The number of hydrogen-bond donors (Lipinski definition) is 0. The van der Waals surface area contributed by atoms with Gasteiger partial charge in [-0.25, -0.2) is 4.39 Å². The molecule has 0 N–H and O–H groups in total. The van der Waals surface area contributed by atoms with Crippen molar-refractivity contribution in [3.05, 3.63) is 145 Å². The summed E-state index contributed by atoms with van der Waals surface area (Å²) in [4.78, 5) is 0. The Hall–Kier alpha value is -5.21. The highest BCUT2D eigenvalue weighted by Crippen LogP contribution is 2.44. The van der Waals surface area contributed by atoms with Crippen LogP contribution in [0, 0.1) is 5.82 Å². The van der Waals surface area contributed by atoms with E-state index in [0.29, 0.717) is 38.6 Å². The Labute approximate surface area is 249 Å². The first-order valence-electron chi connectivity index (χ1n) is 18.9. The smallest absolute Gasteiger partial charge is 0.136 e. The fourth-order valence-electron chi connectivity index (χ4n) is 5.32. The second-order valence-corrected chi connectivity index (χ2v) is 9.28. The van der Waals surface area contributed by atoms with Crippen molar-refractivity contribution in [3.63, 3.8) is 0 Å². The van der Waals surface area contributed by atoms with Crippen LogP contribution in [0.2, 0.25) is 0 Å². The zero-order valence-electron chi connectivity index (χ0n) is 33.6. The number of benzene rings is 7. The maximum atomic E-state index is 14.0. The molecule has 0 bridgehead atoms. The molecule has 0 saturated heterocycles. The average Bonchev–Trinajstić information content (AvgIpc) is 3.52. The number of rotatable bonds is 3. The van der Waals surface area contributed by atoms with Crippen LogP contribution in [0.5, 0.6) is 0 Å². The van der Waals surface area contributed by atoms with Crippen LogP contribution in [0.25, 0.3) is 76.9 Å². The van der Waals surface area contributed by atoms with Gasteiger partial charge in [0, 0.05) is 10.8 Å². The highest BCUT2D eigenvalue weighted by atomic mass is 19.1. The molecule has 0 aliphatic carbocycles. The van der Waals surface area contributed by atoms with E-state index in [1.165, 1.54) is 12.1 Å². The Bertz CT molecular complexity index is 2840. The molecule has 0 radical (unpaired) electrons. The number of halogens is 1. The van der Waals surface area contributed by atoms with Gasteiger partial charge in [0.15, 0.2) is 0 Å². The van der Waals surface area contributed by atoms with Crippen LogP contribution in [0.4, 0.5) is 4.39 Å². The summed E-state index contributed by atoms with van der Waals surface area (Å²) in [6.07, 6.45) is 0. The first kappa shape index (κ1) is 13.2. The van der Waals surface area contributed by atoms with E-state index >= 15 is 0 Å². The maximum absolute atomic E-state index is 14.0. The fraction of sp³-hybridized carbons (Fsp3) is 0. The van der Waals surface area contributed by atoms with Gasteiger partial charge in [-0.2, -0.15) is 0 Å². The van der Waals surface area contributed by atoms with Crippen molar-refractivity contribution in [1.29, 1.82) is 0 Å². The van der Waals surface area contributed by atoms with Crippen LogP contribution in [0.15, 0.2) is 144 Å². The van der Waals surface area contributed by atoms with Crippen LogP contribution in [0.1, 0.15) is 17.8 Å². The van der Waals surface area contributed by atoms with E-state index in [1.54, 1.807) is 48.5 Å². The van der Waals surface area contributed by atoms with Gasteiger partial charge < -0.3 is 4.42 Å². The quantitative estimate of drug-likeness (QED) is 0.208. The van der Waals surface area contributed by atoms with Crippen molar-refractivity contribution >= 4 is 43.5 Å². The van der Waals surface area contributed by atoms with Crippen molar-refractivity contribution in [1.82, 2.24) is 0 Å². The molecular formula is C38H23FO. The van der Waals surface area contributed by atoms with Gasteiger partial charge in [0.1, 0.15) is 17.0 Å². The van der Waals surface area contributed by atoms with Gasteiger partial charge in [0.25, 0.3) is 0 Å². The zero-order chi connectivity index (χ0) is 37.9. The van der Waals surface area contributed by atoms with Crippen LogP contribution in [-0.4, -0.2) is 0 Å². The molecule has 8 rings (SSSR count). The predicted octanol–water partition coefficient (Wildman–Crippen LogP) is 11.0. The largest absolute Gasteiger partial charge is 0.456 e. The van der Waals surface area contributed by atoms with E-state index in [0.717, 1.165) is 0 Å². The molecule has 0 atom stereocenters. The molecule has 0 saturated carbocycles. The fourth-order valence-corrected chi connectivity index (χ4v) is 5.32. The molecule has 0 aliphatic rings. The average molecular weight is 528 g/mol. The number of hydrogen-bond acceptors (Lipinski definition) is 1. The monoisotopic (exact) mass is 527 g/mol. The zero-order valence-corrected chi connectivity index (χ0v) is 20.6. The SMILES string of the molecule is [2H]c1c([2H])c([2H])c(-c2c3c([2H])c([2H])c([2H])c([2H])c3c(-c3ccc4oc5cc(-c6cccc(F)c6)ccc5c4c3)c3c([2H])c([2H])c([2H])c([2H])c23)c([2H])c1[2H]. The van der Waals surface area contributed by atoms with Crippen molar-refractivity contribution in [2.75, 3.05) is 0 Å². The van der Waals surface area contributed by atoms with Crippen LogP contribution >= 0.6 is 0 Å². The number of furan rings is 1. The topological polar surface area (TPSA) is 13.1 Å². The van der Waals surface area contributed by atoms with E-state index in [2.05, 4.69) is 0 Å². The minimum Gasteiger partial charge on any atom is -0.456 e. The molecule has 188 valence electrons. The predicted molar refractivity (Wildman–Crippen MR) is 165 cm³/mol. The lowest BCUT2D eigenvalue weighted by Crippen LogP contribution is -1.90. The van der Waals surface area contributed by atoms with Gasteiger partial charge in [-0.05, 0) is 91.3 Å². The number of fused-ring (bicyclic) bond motifs is 5. The van der Waals surface area contributed by atoms with Crippen molar-refractivity contribution < 1.29 is 26.6 Å². The summed E-state index contributed by atoms with van der Waals surface area (Å²) < 4.78 is 134. The van der Waals surface area contributed by atoms with E-state index in [9.17, 15) is 4.39 Å². The Kier molecular flexibility index (Phi) is 2.95. The minimum absolute atomic E-state index is 0.0257. The van der Waals surface area contributed by atoms with Gasteiger partial charge in [-0.15, -0.1) is 0 Å². The van der Waals surface area contributed by atoms with E-state index in [-0.39, 0.29) is 32.7 Å². The first-order valence-corrected chi connectivity index (χ1v) is 12.4. The molecule has 1 heterocycles. The summed E-state index contributed by atoms with van der Waals surface area (Å²) in [5.74, 6) is -0.398. The van der Waals surface area contributed by atoms with Crippen molar-refractivity contribution in [2.45, 2.75) is 0 Å². The minimum atomic E-state index is -0.731. The molecule has 0 spiro atoms. The van der Waals surface area contributed by atoms with E-state index < -0.39 is 89.9 Å². The molecule has 1 nitrogen and oxygen atoms in total. The maximum Gasteiger partial charge on any atom is 0.136 e. The molecule has 40 heavy (non-hydrogen) atoms. The van der Waals surface area contributed by atoms with Gasteiger partial charge in [-0.3, -0.25) is 0 Å². The Morgan fingerprint density at radius 2 is 1.05 bits per heavy atom. The summed E-state index contributed by atoms with van der Waals surface area (Å²) in [7, 11) is 0. The van der Waals surface area contributed by atoms with Gasteiger partial charge in [0.2, 0.25) is 0 Å². The normalized spacial score (nSPS) is 16.2.